The Balaban J connectivity index is 1.91. The fourth-order valence-electron chi connectivity index (χ4n) is 3.73. The number of hydrogen-bond donors (Lipinski definition) is 0. The van der Waals surface area contributed by atoms with E-state index in [2.05, 4.69) is 6.58 Å². The number of hydrogen-bond acceptors (Lipinski definition) is 7. The lowest BCUT2D eigenvalue weighted by atomic mass is 9.93. The van der Waals surface area contributed by atoms with Crippen LogP contribution in [0.1, 0.15) is 60.3 Å². The van der Waals surface area contributed by atoms with Crippen LogP contribution in [0.25, 0.3) is 0 Å². The van der Waals surface area contributed by atoms with Gasteiger partial charge in [-0.25, -0.2) is 4.79 Å². The number of ether oxygens (including phenoxy) is 4. The highest BCUT2D eigenvalue weighted by atomic mass is 16.8. The van der Waals surface area contributed by atoms with Gasteiger partial charge in [0, 0.05) is 13.8 Å². The van der Waals surface area contributed by atoms with Gasteiger partial charge in [-0.2, -0.15) is 0 Å². The minimum absolute atomic E-state index is 0.0990. The fourth-order valence-corrected chi connectivity index (χ4v) is 3.73. The van der Waals surface area contributed by atoms with Crippen molar-refractivity contribution in [2.75, 3.05) is 0 Å². The van der Waals surface area contributed by atoms with Crippen LogP contribution in [0.2, 0.25) is 0 Å². The maximum atomic E-state index is 12.8. The predicted molar refractivity (Wildman–Crippen MR) is 119 cm³/mol. The largest absolute Gasteiger partial charge is 0.456 e. The van der Waals surface area contributed by atoms with Crippen molar-refractivity contribution in [2.45, 2.75) is 84.1 Å². The average Bonchev–Trinajstić information content (AvgIpc) is 2.95. The molecule has 1 saturated heterocycles. The lowest BCUT2D eigenvalue weighted by Crippen LogP contribution is -2.37. The zero-order chi connectivity index (χ0) is 23.9. The minimum atomic E-state index is -1.17. The van der Waals surface area contributed by atoms with Crippen LogP contribution in [-0.2, 0) is 33.3 Å². The zero-order valence-corrected chi connectivity index (χ0v) is 19.6. The van der Waals surface area contributed by atoms with Gasteiger partial charge in [0.1, 0.15) is 11.9 Å². The predicted octanol–water partition coefficient (Wildman–Crippen LogP) is 4.33. The molecule has 32 heavy (non-hydrogen) atoms. The fraction of sp³-hybridized carbons (Fsp3) is 0.560. The molecular formula is C25H34O7. The van der Waals surface area contributed by atoms with E-state index in [9.17, 15) is 14.4 Å². The first-order chi connectivity index (χ1) is 15.0. The summed E-state index contributed by atoms with van der Waals surface area (Å²) in [4.78, 5) is 36.9. The number of esters is 1. The zero-order valence-electron chi connectivity index (χ0n) is 19.6. The quantitative estimate of drug-likeness (QED) is 0.202. The first-order valence-electron chi connectivity index (χ1n) is 10.9. The van der Waals surface area contributed by atoms with Gasteiger partial charge in [0.25, 0.3) is 0 Å². The third kappa shape index (κ3) is 7.57. The molecular weight excluding hydrogens is 412 g/mol. The second kappa shape index (κ2) is 10.9. The van der Waals surface area contributed by atoms with Crippen molar-refractivity contribution in [2.24, 2.45) is 5.92 Å². The molecule has 0 aromatic carbocycles. The summed E-state index contributed by atoms with van der Waals surface area (Å²) in [7, 11) is 0. The molecule has 0 amide bonds. The van der Waals surface area contributed by atoms with Gasteiger partial charge < -0.3 is 18.9 Å². The van der Waals surface area contributed by atoms with Crippen molar-refractivity contribution in [3.8, 4) is 0 Å². The van der Waals surface area contributed by atoms with Crippen molar-refractivity contribution < 1.29 is 33.3 Å². The first-order valence-corrected chi connectivity index (χ1v) is 10.9. The Morgan fingerprint density at radius 3 is 2.50 bits per heavy atom. The number of rotatable bonds is 11. The van der Waals surface area contributed by atoms with E-state index in [0.717, 1.165) is 6.08 Å². The van der Waals surface area contributed by atoms with E-state index >= 15 is 0 Å². The maximum absolute atomic E-state index is 12.8. The lowest BCUT2D eigenvalue weighted by Gasteiger charge is -2.33. The number of ketones is 2. The molecule has 0 radical (unpaired) electrons. The van der Waals surface area contributed by atoms with Gasteiger partial charge in [-0.3, -0.25) is 9.59 Å². The Kier molecular flexibility index (Phi) is 8.75. The summed E-state index contributed by atoms with van der Waals surface area (Å²) in [6.45, 7) is 12.5. The standard InChI is InChI=1S/C25H34O7/c1-7-11-18(22-16-23(28)32-25(5,6)31-22)19(27)15-17(26)13-9-10-14-21-20(12-8-2)29-24(3,4)30-21/h7-9,12-13,16,18,20-21H,1,10-11,14-15H2,2-6H3/b12-8+,13-9+/t18?,20-,21+/m1/s1. The number of carbonyl (C=O) groups is 3. The summed E-state index contributed by atoms with van der Waals surface area (Å²) >= 11 is 0. The van der Waals surface area contributed by atoms with Crippen molar-refractivity contribution in [1.82, 2.24) is 0 Å². The van der Waals surface area contributed by atoms with Gasteiger partial charge in [-0.05, 0) is 46.1 Å². The van der Waals surface area contributed by atoms with Crippen molar-refractivity contribution in [1.29, 1.82) is 0 Å². The third-order valence-electron chi connectivity index (χ3n) is 4.98. The van der Waals surface area contributed by atoms with Crippen LogP contribution in [0.4, 0.5) is 0 Å². The van der Waals surface area contributed by atoms with E-state index < -0.39 is 23.5 Å². The molecule has 176 valence electrons. The summed E-state index contributed by atoms with van der Waals surface area (Å²) in [5.74, 6) is -3.60. The SMILES string of the molecule is C=CCC(C(=O)CC(=O)/C=C/CC[C@@H]1OC(C)(C)O[C@@H]1/C=C/C)C1=CC(=O)OC(C)(C)O1. The molecule has 0 bridgehead atoms. The molecule has 0 spiro atoms. The molecule has 2 rings (SSSR count). The van der Waals surface area contributed by atoms with Gasteiger partial charge in [0.2, 0.25) is 5.79 Å². The van der Waals surface area contributed by atoms with Crippen molar-refractivity contribution >= 4 is 17.5 Å². The summed E-state index contributed by atoms with van der Waals surface area (Å²) < 4.78 is 22.5. The smallest absolute Gasteiger partial charge is 0.337 e. The van der Waals surface area contributed by atoms with Crippen LogP contribution in [0.15, 0.2) is 48.8 Å². The Hall–Kier alpha value is -2.51. The van der Waals surface area contributed by atoms with Crippen molar-refractivity contribution in [3.63, 3.8) is 0 Å². The molecule has 0 aliphatic carbocycles. The number of allylic oxidation sites excluding steroid dienone is 5. The molecule has 2 heterocycles. The highest BCUT2D eigenvalue weighted by molar-refractivity contribution is 6.06. The van der Waals surface area contributed by atoms with E-state index in [-0.39, 0.29) is 42.4 Å². The van der Waals surface area contributed by atoms with Crippen molar-refractivity contribution in [3.05, 3.63) is 48.8 Å². The molecule has 0 N–H and O–H groups in total. The highest BCUT2D eigenvalue weighted by Gasteiger charge is 2.39. The average molecular weight is 447 g/mol. The lowest BCUT2D eigenvalue weighted by molar-refractivity contribution is -0.208. The van der Waals surface area contributed by atoms with Gasteiger partial charge in [0.15, 0.2) is 17.4 Å². The molecule has 7 nitrogen and oxygen atoms in total. The van der Waals surface area contributed by atoms with Crippen LogP contribution < -0.4 is 0 Å². The van der Waals surface area contributed by atoms with E-state index in [0.29, 0.717) is 12.8 Å². The molecule has 0 aromatic rings. The Morgan fingerprint density at radius 1 is 1.16 bits per heavy atom. The van der Waals surface area contributed by atoms with Crippen LogP contribution in [0.5, 0.6) is 0 Å². The summed E-state index contributed by atoms with van der Waals surface area (Å²) in [6.07, 6.45) is 10.8. The minimum Gasteiger partial charge on any atom is -0.456 e. The van der Waals surface area contributed by atoms with Gasteiger partial charge in [-0.1, -0.05) is 24.3 Å². The molecule has 1 fully saturated rings. The van der Waals surface area contributed by atoms with E-state index in [1.807, 2.05) is 32.9 Å². The summed E-state index contributed by atoms with van der Waals surface area (Å²) in [5.41, 5.74) is 0. The normalized spacial score (nSPS) is 25.3. The van der Waals surface area contributed by atoms with Gasteiger partial charge in [0.05, 0.1) is 24.5 Å². The van der Waals surface area contributed by atoms with Gasteiger partial charge in [-0.15, -0.1) is 6.58 Å². The molecule has 2 aliphatic heterocycles. The topological polar surface area (TPSA) is 88.1 Å². The molecule has 2 aliphatic rings. The second-order valence-corrected chi connectivity index (χ2v) is 8.80. The Morgan fingerprint density at radius 2 is 1.88 bits per heavy atom. The van der Waals surface area contributed by atoms with Crippen LogP contribution in [0.3, 0.4) is 0 Å². The monoisotopic (exact) mass is 446 g/mol. The third-order valence-corrected chi connectivity index (χ3v) is 4.98. The van der Waals surface area contributed by atoms with Gasteiger partial charge >= 0.3 is 5.97 Å². The molecule has 7 heteroatoms. The Bertz CT molecular complexity index is 816. The molecule has 1 unspecified atom stereocenters. The summed E-state index contributed by atoms with van der Waals surface area (Å²) in [6, 6.07) is 0. The summed E-state index contributed by atoms with van der Waals surface area (Å²) in [5, 5.41) is 0. The molecule has 0 aromatic heterocycles. The van der Waals surface area contributed by atoms with Crippen LogP contribution in [-0.4, -0.2) is 41.3 Å². The van der Waals surface area contributed by atoms with E-state index in [1.165, 1.54) is 6.08 Å². The second-order valence-electron chi connectivity index (χ2n) is 8.80. The van der Waals surface area contributed by atoms with E-state index in [1.54, 1.807) is 26.0 Å². The molecule has 3 atom stereocenters. The van der Waals surface area contributed by atoms with E-state index in [4.69, 9.17) is 18.9 Å². The van der Waals surface area contributed by atoms with Crippen LogP contribution in [0, 0.1) is 5.92 Å². The number of Topliss-reactive ketones (excluding diaryl/α,β-unsaturated/α-hetero) is 1. The maximum Gasteiger partial charge on any atom is 0.337 e. The number of cyclic esters (lactones) is 1. The number of carbonyl (C=O) groups excluding carboxylic acids is 3. The Labute approximate surface area is 190 Å². The molecule has 0 saturated carbocycles. The highest BCUT2D eigenvalue weighted by Crippen LogP contribution is 2.32. The van der Waals surface area contributed by atoms with Crippen LogP contribution >= 0.6 is 0 Å². The first kappa shape index (κ1) is 25.7.